The molecule has 9 nitrogen and oxygen atoms in total. The molecular formula is C27H30FN3O6. The van der Waals surface area contributed by atoms with Crippen LogP contribution in [0.25, 0.3) is 0 Å². The van der Waals surface area contributed by atoms with Gasteiger partial charge in [0.2, 0.25) is 5.91 Å². The second kappa shape index (κ2) is 12.3. The average Bonchev–Trinajstić information content (AvgIpc) is 2.86. The quantitative estimate of drug-likeness (QED) is 0.546. The number of hydrogen-bond donors (Lipinski definition) is 2. The molecule has 2 unspecified atom stereocenters. The van der Waals surface area contributed by atoms with Crippen LogP contribution in [0.15, 0.2) is 59.7 Å². The Bertz CT molecular complexity index is 1190. The molecule has 196 valence electrons. The van der Waals surface area contributed by atoms with Crippen LogP contribution < -0.4 is 9.75 Å². The Morgan fingerprint density at radius 2 is 1.81 bits per heavy atom. The van der Waals surface area contributed by atoms with E-state index in [1.54, 1.807) is 0 Å². The second-order valence-corrected chi connectivity index (χ2v) is 9.06. The number of halogens is 1. The van der Waals surface area contributed by atoms with Crippen molar-refractivity contribution in [1.82, 2.24) is 4.90 Å². The van der Waals surface area contributed by atoms with Crippen LogP contribution in [0.2, 0.25) is 0 Å². The molecule has 0 spiro atoms. The summed E-state index contributed by atoms with van der Waals surface area (Å²) in [6, 6.07) is 12.5. The summed E-state index contributed by atoms with van der Waals surface area (Å²) >= 11 is 0. The van der Waals surface area contributed by atoms with Gasteiger partial charge in [0.05, 0.1) is 11.4 Å². The number of amides is 1. The molecule has 0 bridgehead atoms. The zero-order valence-corrected chi connectivity index (χ0v) is 20.9. The molecule has 2 aromatic carbocycles. The van der Waals surface area contributed by atoms with Crippen LogP contribution in [-0.2, 0) is 20.8 Å². The third-order valence-corrected chi connectivity index (χ3v) is 6.18. The number of carbonyl (C=O) groups excluding carboxylic acids is 1. The maximum atomic E-state index is 13.8. The SMILES string of the molecule is CC(COc1ccc(N2N=C3c4cc(F)ccc4CCC3CC2=O)cc1)N(C)C.O=C(O)C=CC(=O)O. The number of fused-ring (bicyclic) bond motifs is 3. The highest BCUT2D eigenvalue weighted by Crippen LogP contribution is 2.34. The van der Waals surface area contributed by atoms with Gasteiger partial charge in [-0.15, -0.1) is 0 Å². The predicted octanol–water partition coefficient (Wildman–Crippen LogP) is 3.57. The van der Waals surface area contributed by atoms with E-state index in [4.69, 9.17) is 14.9 Å². The molecular weight excluding hydrogens is 481 g/mol. The van der Waals surface area contributed by atoms with Gasteiger partial charge in [-0.2, -0.15) is 5.10 Å². The van der Waals surface area contributed by atoms with Crippen molar-refractivity contribution >= 4 is 29.2 Å². The number of carbonyl (C=O) groups is 3. The Morgan fingerprint density at radius 1 is 1.16 bits per heavy atom. The van der Waals surface area contributed by atoms with Gasteiger partial charge in [-0.25, -0.2) is 19.0 Å². The first-order valence-electron chi connectivity index (χ1n) is 11.8. The van der Waals surface area contributed by atoms with Crippen molar-refractivity contribution in [3.63, 3.8) is 0 Å². The molecule has 2 atom stereocenters. The van der Waals surface area contributed by atoms with Crippen molar-refractivity contribution in [2.75, 3.05) is 25.7 Å². The predicted molar refractivity (Wildman–Crippen MR) is 136 cm³/mol. The van der Waals surface area contributed by atoms with Gasteiger partial charge in [-0.3, -0.25) is 4.79 Å². The lowest BCUT2D eigenvalue weighted by molar-refractivity contribution is -0.134. The van der Waals surface area contributed by atoms with E-state index < -0.39 is 11.9 Å². The van der Waals surface area contributed by atoms with E-state index in [9.17, 15) is 18.8 Å². The number of carboxylic acid groups (broad SMARTS) is 2. The lowest BCUT2D eigenvalue weighted by atomic mass is 9.79. The van der Waals surface area contributed by atoms with Crippen molar-refractivity contribution in [2.45, 2.75) is 32.2 Å². The Morgan fingerprint density at radius 3 is 2.41 bits per heavy atom. The molecule has 0 saturated heterocycles. The van der Waals surface area contributed by atoms with Crippen LogP contribution in [0.1, 0.15) is 30.9 Å². The van der Waals surface area contributed by atoms with Gasteiger partial charge in [0.15, 0.2) is 0 Å². The summed E-state index contributed by atoms with van der Waals surface area (Å²) in [6.07, 6.45) is 3.23. The molecule has 2 aromatic rings. The number of ether oxygens (including phenoxy) is 1. The summed E-state index contributed by atoms with van der Waals surface area (Å²) in [7, 11) is 4.03. The highest BCUT2D eigenvalue weighted by Gasteiger charge is 2.34. The minimum atomic E-state index is -1.26. The van der Waals surface area contributed by atoms with E-state index in [1.165, 1.54) is 17.1 Å². The van der Waals surface area contributed by atoms with Gasteiger partial charge < -0.3 is 19.8 Å². The van der Waals surface area contributed by atoms with Gasteiger partial charge in [-0.05, 0) is 75.8 Å². The summed E-state index contributed by atoms with van der Waals surface area (Å²) in [5.41, 5.74) is 3.42. The molecule has 1 aliphatic heterocycles. The number of anilines is 1. The summed E-state index contributed by atoms with van der Waals surface area (Å²) in [4.78, 5) is 33.9. The number of hydrazone groups is 1. The average molecular weight is 512 g/mol. The van der Waals surface area contributed by atoms with Crippen LogP contribution in [0.3, 0.4) is 0 Å². The van der Waals surface area contributed by atoms with E-state index in [2.05, 4.69) is 16.9 Å². The maximum Gasteiger partial charge on any atom is 0.328 e. The molecule has 0 fully saturated rings. The fourth-order valence-corrected chi connectivity index (χ4v) is 3.88. The number of aryl methyl sites for hydroxylation is 1. The Balaban J connectivity index is 0.000000414. The van der Waals surface area contributed by atoms with Gasteiger partial charge in [-0.1, -0.05) is 6.07 Å². The highest BCUT2D eigenvalue weighted by atomic mass is 19.1. The van der Waals surface area contributed by atoms with Crippen LogP contribution in [0.4, 0.5) is 10.1 Å². The minimum absolute atomic E-state index is 0.0338. The lowest BCUT2D eigenvalue weighted by Crippen LogP contribution is -2.39. The van der Waals surface area contributed by atoms with Crippen LogP contribution in [0, 0.1) is 11.7 Å². The molecule has 1 heterocycles. The van der Waals surface area contributed by atoms with Gasteiger partial charge >= 0.3 is 11.9 Å². The summed E-state index contributed by atoms with van der Waals surface area (Å²) in [5, 5.41) is 21.7. The van der Waals surface area contributed by atoms with Crippen molar-refractivity contribution in [3.8, 4) is 5.75 Å². The van der Waals surface area contributed by atoms with E-state index in [0.29, 0.717) is 36.9 Å². The molecule has 4 rings (SSSR count). The van der Waals surface area contributed by atoms with Crippen LogP contribution >= 0.6 is 0 Å². The summed E-state index contributed by atoms with van der Waals surface area (Å²) < 4.78 is 19.6. The number of likely N-dealkylation sites (N-methyl/N-ethyl adjacent to an activating group) is 1. The molecule has 1 aliphatic carbocycles. The Hall–Kier alpha value is -4.05. The number of rotatable bonds is 7. The number of hydrogen-bond acceptors (Lipinski definition) is 6. The molecule has 1 amide bonds. The third kappa shape index (κ3) is 7.47. The van der Waals surface area contributed by atoms with E-state index in [0.717, 1.165) is 35.4 Å². The first-order valence-corrected chi connectivity index (χ1v) is 11.8. The standard InChI is InChI=1S/C23H26FN3O2.C4H4O4/c1-15(26(2)3)14-29-20-10-8-19(9-11-20)27-22(28)12-17-5-4-16-6-7-18(24)13-21(16)23(17)25-27;5-3(6)1-2-4(7)8/h6-11,13,15,17H,4-5,12,14H2,1-3H3;1-2H,(H,5,6)(H,7,8). The zero-order valence-electron chi connectivity index (χ0n) is 20.9. The number of aliphatic carboxylic acids is 2. The third-order valence-electron chi connectivity index (χ3n) is 6.18. The number of carboxylic acids is 2. The van der Waals surface area contributed by atoms with Crippen molar-refractivity contribution < 1.29 is 33.7 Å². The smallest absolute Gasteiger partial charge is 0.328 e. The number of nitrogens with zero attached hydrogens (tertiary/aromatic N) is 3. The summed E-state index contributed by atoms with van der Waals surface area (Å²) in [5.74, 6) is -2.01. The Kier molecular flexibility index (Phi) is 9.13. The van der Waals surface area contributed by atoms with Crippen molar-refractivity contribution in [1.29, 1.82) is 0 Å². The van der Waals surface area contributed by atoms with E-state index in [1.807, 2.05) is 44.4 Å². The normalized spacial score (nSPS) is 17.3. The van der Waals surface area contributed by atoms with Gasteiger partial charge in [0, 0.05) is 36.1 Å². The molecule has 0 saturated carbocycles. The monoisotopic (exact) mass is 511 g/mol. The molecule has 2 aliphatic rings. The van der Waals surface area contributed by atoms with Gasteiger partial charge in [0.25, 0.3) is 0 Å². The fraction of sp³-hybridized carbons (Fsp3) is 0.333. The molecule has 10 heteroatoms. The van der Waals surface area contributed by atoms with E-state index >= 15 is 0 Å². The van der Waals surface area contributed by atoms with Crippen molar-refractivity contribution in [3.05, 3.63) is 71.6 Å². The molecule has 0 aromatic heterocycles. The maximum absolute atomic E-state index is 13.8. The van der Waals surface area contributed by atoms with Crippen LogP contribution in [-0.4, -0.2) is 65.4 Å². The zero-order chi connectivity index (χ0) is 27.1. The number of benzene rings is 2. The lowest BCUT2D eigenvalue weighted by Gasteiger charge is -2.33. The Labute approximate surface area is 214 Å². The first-order chi connectivity index (χ1) is 17.5. The van der Waals surface area contributed by atoms with E-state index in [-0.39, 0.29) is 17.6 Å². The van der Waals surface area contributed by atoms with Crippen molar-refractivity contribution in [2.24, 2.45) is 11.0 Å². The second-order valence-electron chi connectivity index (χ2n) is 9.06. The summed E-state index contributed by atoms with van der Waals surface area (Å²) in [6.45, 7) is 2.68. The largest absolute Gasteiger partial charge is 0.492 e. The first kappa shape index (κ1) is 27.5. The van der Waals surface area contributed by atoms with Gasteiger partial charge in [0.1, 0.15) is 18.2 Å². The highest BCUT2D eigenvalue weighted by molar-refractivity contribution is 6.11. The molecule has 0 radical (unpaired) electrons. The molecule has 2 N–H and O–H groups in total. The molecule has 37 heavy (non-hydrogen) atoms. The minimum Gasteiger partial charge on any atom is -0.492 e. The van der Waals surface area contributed by atoms with Crippen LogP contribution in [0.5, 0.6) is 5.75 Å². The fourth-order valence-electron chi connectivity index (χ4n) is 3.88. The topological polar surface area (TPSA) is 120 Å².